The van der Waals surface area contributed by atoms with Crippen molar-refractivity contribution in [3.8, 4) is 5.75 Å². The molecule has 1 heterocycles. The van der Waals surface area contributed by atoms with E-state index in [1.807, 2.05) is 6.92 Å². The monoisotopic (exact) mass is 353 g/mol. The number of aromatic nitrogens is 1. The summed E-state index contributed by atoms with van der Waals surface area (Å²) in [6.45, 7) is 1.85. The molecule has 0 saturated heterocycles. The Kier molecular flexibility index (Phi) is 4.99. The van der Waals surface area contributed by atoms with E-state index in [9.17, 15) is 15.2 Å². The zero-order chi connectivity index (χ0) is 18.7. The molecule has 2 aromatic carbocycles. The Morgan fingerprint density at radius 3 is 2.54 bits per heavy atom. The highest BCUT2D eigenvalue weighted by Crippen LogP contribution is 2.32. The number of anilines is 1. The molecule has 0 saturated carbocycles. The molecule has 1 aromatic heterocycles. The average molecular weight is 353 g/mol. The molecule has 0 fully saturated rings. The van der Waals surface area contributed by atoms with Gasteiger partial charge in [0.25, 0.3) is 5.69 Å². The van der Waals surface area contributed by atoms with Crippen LogP contribution in [0.2, 0.25) is 0 Å². The molecule has 0 aliphatic heterocycles. The summed E-state index contributed by atoms with van der Waals surface area (Å²) < 4.78 is 5.13. The summed E-state index contributed by atoms with van der Waals surface area (Å²) in [4.78, 5) is 14.8. The van der Waals surface area contributed by atoms with E-state index in [4.69, 9.17) is 4.74 Å². The van der Waals surface area contributed by atoms with Gasteiger partial charge in [-0.05, 0) is 36.8 Å². The van der Waals surface area contributed by atoms with Crippen LogP contribution in [0.25, 0.3) is 10.8 Å². The van der Waals surface area contributed by atoms with Crippen molar-refractivity contribution >= 4 is 22.1 Å². The molecule has 26 heavy (non-hydrogen) atoms. The van der Waals surface area contributed by atoms with Gasteiger partial charge in [0.15, 0.2) is 0 Å². The third kappa shape index (κ3) is 3.43. The van der Waals surface area contributed by atoms with Crippen LogP contribution in [0.3, 0.4) is 0 Å². The fourth-order valence-electron chi connectivity index (χ4n) is 2.87. The number of nitrogens with one attached hydrogen (secondary N) is 1. The fourth-order valence-corrected chi connectivity index (χ4v) is 2.87. The van der Waals surface area contributed by atoms with Gasteiger partial charge < -0.3 is 15.2 Å². The second-order valence-corrected chi connectivity index (χ2v) is 5.96. The fraction of sp³-hybridized carbons (Fsp3) is 0.211. The lowest BCUT2D eigenvalue weighted by atomic mass is 10.0. The molecule has 0 aliphatic rings. The number of pyridine rings is 1. The molecule has 2 atom stereocenters. The summed E-state index contributed by atoms with van der Waals surface area (Å²) in [6.07, 6.45) is 2.30. The first-order valence-corrected chi connectivity index (χ1v) is 8.11. The largest absolute Gasteiger partial charge is 0.497 e. The molecule has 2 unspecified atom stereocenters. The summed E-state index contributed by atoms with van der Waals surface area (Å²) in [5.41, 5.74) is 1.45. The smallest absolute Gasteiger partial charge is 0.278 e. The van der Waals surface area contributed by atoms with E-state index in [1.165, 1.54) is 12.3 Å². The van der Waals surface area contributed by atoms with Crippen LogP contribution in [0.15, 0.2) is 54.9 Å². The van der Waals surface area contributed by atoms with Gasteiger partial charge in [0.2, 0.25) is 0 Å². The molecular formula is C19H19N3O4. The number of nitrogens with zero attached hydrogens (tertiary/aromatic N) is 2. The molecule has 0 amide bonds. The molecule has 0 aliphatic carbocycles. The minimum atomic E-state index is -0.756. The molecule has 3 aromatic rings. The van der Waals surface area contributed by atoms with Crippen molar-refractivity contribution in [1.82, 2.24) is 4.98 Å². The molecule has 2 N–H and O–H groups in total. The number of nitro groups is 1. The van der Waals surface area contributed by atoms with Crippen LogP contribution in [-0.4, -0.2) is 28.2 Å². The molecule has 0 bridgehead atoms. The Balaban J connectivity index is 1.88. The van der Waals surface area contributed by atoms with Crippen molar-refractivity contribution in [1.29, 1.82) is 0 Å². The standard InChI is InChI=1S/C19H19N3O4/c1-12(19(23)13-3-5-14(26-2)6-4-13)21-17-7-8-18(22(24)25)16-11-20-10-9-15(16)17/h3-12,19,21,23H,1-2H3. The van der Waals surface area contributed by atoms with E-state index in [2.05, 4.69) is 10.3 Å². The first-order valence-electron chi connectivity index (χ1n) is 8.11. The third-order valence-corrected chi connectivity index (χ3v) is 4.31. The highest BCUT2D eigenvalue weighted by Gasteiger charge is 2.19. The van der Waals surface area contributed by atoms with E-state index in [0.717, 1.165) is 11.3 Å². The molecule has 0 radical (unpaired) electrons. The van der Waals surface area contributed by atoms with Gasteiger partial charge in [-0.2, -0.15) is 0 Å². The minimum Gasteiger partial charge on any atom is -0.497 e. The van der Waals surface area contributed by atoms with E-state index in [1.54, 1.807) is 49.7 Å². The minimum absolute atomic E-state index is 0.00186. The number of benzene rings is 2. The lowest BCUT2D eigenvalue weighted by molar-refractivity contribution is -0.383. The van der Waals surface area contributed by atoms with Crippen LogP contribution in [0.5, 0.6) is 5.75 Å². The Morgan fingerprint density at radius 1 is 1.15 bits per heavy atom. The zero-order valence-electron chi connectivity index (χ0n) is 14.4. The molecule has 134 valence electrons. The molecule has 7 heteroatoms. The lowest BCUT2D eigenvalue weighted by Gasteiger charge is -2.22. The summed E-state index contributed by atoms with van der Waals surface area (Å²) >= 11 is 0. The number of fused-ring (bicyclic) bond motifs is 1. The predicted molar refractivity (Wildman–Crippen MR) is 99.4 cm³/mol. The highest BCUT2D eigenvalue weighted by molar-refractivity contribution is 5.99. The normalized spacial score (nSPS) is 13.2. The number of ether oxygens (including phenoxy) is 1. The van der Waals surface area contributed by atoms with Gasteiger partial charge in [-0.1, -0.05) is 12.1 Å². The Morgan fingerprint density at radius 2 is 1.88 bits per heavy atom. The average Bonchev–Trinajstić information content (AvgIpc) is 2.67. The third-order valence-electron chi connectivity index (χ3n) is 4.31. The van der Waals surface area contributed by atoms with Crippen molar-refractivity contribution < 1.29 is 14.8 Å². The maximum absolute atomic E-state index is 11.2. The van der Waals surface area contributed by atoms with Crippen LogP contribution in [-0.2, 0) is 0 Å². The van der Waals surface area contributed by atoms with Crippen molar-refractivity contribution in [3.63, 3.8) is 0 Å². The lowest BCUT2D eigenvalue weighted by Crippen LogP contribution is -2.24. The van der Waals surface area contributed by atoms with Crippen molar-refractivity contribution in [2.24, 2.45) is 0 Å². The van der Waals surface area contributed by atoms with Gasteiger partial charge in [-0.3, -0.25) is 15.1 Å². The van der Waals surface area contributed by atoms with Gasteiger partial charge in [0, 0.05) is 29.5 Å². The number of rotatable bonds is 6. The quantitative estimate of drug-likeness (QED) is 0.518. The maximum atomic E-state index is 11.2. The topological polar surface area (TPSA) is 97.5 Å². The number of hydrogen-bond donors (Lipinski definition) is 2. The first-order chi connectivity index (χ1) is 12.5. The van der Waals surface area contributed by atoms with Crippen molar-refractivity contribution in [2.75, 3.05) is 12.4 Å². The Labute approximate surface area is 150 Å². The first kappa shape index (κ1) is 17.6. The van der Waals surface area contributed by atoms with Crippen molar-refractivity contribution in [2.45, 2.75) is 19.1 Å². The van der Waals surface area contributed by atoms with Gasteiger partial charge >= 0.3 is 0 Å². The number of aliphatic hydroxyl groups excluding tert-OH is 1. The van der Waals surface area contributed by atoms with Gasteiger partial charge in [0.05, 0.1) is 29.6 Å². The molecule has 3 rings (SSSR count). The highest BCUT2D eigenvalue weighted by atomic mass is 16.6. The second-order valence-electron chi connectivity index (χ2n) is 5.96. The number of aliphatic hydroxyl groups is 1. The van der Waals surface area contributed by atoms with Crippen LogP contribution < -0.4 is 10.1 Å². The number of methoxy groups -OCH3 is 1. The van der Waals surface area contributed by atoms with E-state index >= 15 is 0 Å². The molecular weight excluding hydrogens is 334 g/mol. The van der Waals surface area contributed by atoms with Crippen LogP contribution in [0.4, 0.5) is 11.4 Å². The van der Waals surface area contributed by atoms with Crippen LogP contribution in [0, 0.1) is 10.1 Å². The summed E-state index contributed by atoms with van der Waals surface area (Å²) in [5, 5.41) is 26.2. The summed E-state index contributed by atoms with van der Waals surface area (Å²) in [6, 6.07) is 11.7. The molecule has 0 spiro atoms. The van der Waals surface area contributed by atoms with Gasteiger partial charge in [0.1, 0.15) is 5.75 Å². The van der Waals surface area contributed by atoms with Gasteiger partial charge in [-0.15, -0.1) is 0 Å². The number of non-ortho nitro benzene ring substituents is 1. The Bertz CT molecular complexity index is 928. The van der Waals surface area contributed by atoms with Crippen LogP contribution in [0.1, 0.15) is 18.6 Å². The number of nitro benzene ring substituents is 1. The summed E-state index contributed by atoms with van der Waals surface area (Å²) in [5.74, 6) is 0.718. The van der Waals surface area contributed by atoms with E-state index in [0.29, 0.717) is 16.5 Å². The molecule has 7 nitrogen and oxygen atoms in total. The summed E-state index contributed by atoms with van der Waals surface area (Å²) in [7, 11) is 1.59. The zero-order valence-corrected chi connectivity index (χ0v) is 14.4. The predicted octanol–water partition coefficient (Wildman–Crippen LogP) is 3.69. The Hall–Kier alpha value is -3.19. The van der Waals surface area contributed by atoms with E-state index < -0.39 is 11.0 Å². The van der Waals surface area contributed by atoms with Crippen molar-refractivity contribution in [3.05, 3.63) is 70.5 Å². The van der Waals surface area contributed by atoms with Crippen LogP contribution >= 0.6 is 0 Å². The maximum Gasteiger partial charge on any atom is 0.278 e. The second kappa shape index (κ2) is 7.37. The van der Waals surface area contributed by atoms with Gasteiger partial charge in [-0.25, -0.2) is 0 Å². The number of hydrogen-bond acceptors (Lipinski definition) is 6. The SMILES string of the molecule is COc1ccc(C(O)C(C)Nc2ccc([N+](=O)[O-])c3cnccc23)cc1. The van der Waals surface area contributed by atoms with E-state index in [-0.39, 0.29) is 11.7 Å².